The van der Waals surface area contributed by atoms with Crippen LogP contribution in [0.1, 0.15) is 17.3 Å². The van der Waals surface area contributed by atoms with Crippen molar-refractivity contribution in [1.82, 2.24) is 9.69 Å². The van der Waals surface area contributed by atoms with Gasteiger partial charge in [-0.1, -0.05) is 6.08 Å². The summed E-state index contributed by atoms with van der Waals surface area (Å²) >= 11 is 1.54. The highest BCUT2D eigenvalue weighted by molar-refractivity contribution is 7.05. The molecule has 11 heavy (non-hydrogen) atoms. The Balaban J connectivity index is 2.62. The largest absolute Gasteiger partial charge is 0.312 e. The van der Waals surface area contributed by atoms with Gasteiger partial charge in [-0.3, -0.25) is 0 Å². The van der Waals surface area contributed by atoms with Crippen molar-refractivity contribution in [1.29, 1.82) is 0 Å². The third kappa shape index (κ3) is 2.13. The molecule has 1 N–H and O–H groups in total. The molecule has 60 valence electrons. The van der Waals surface area contributed by atoms with E-state index in [0.717, 1.165) is 6.42 Å². The van der Waals surface area contributed by atoms with E-state index < -0.39 is 0 Å². The second kappa shape index (κ2) is 4.26. The molecule has 1 aromatic rings. The molecule has 0 aliphatic carbocycles. The number of hydrogen-bond acceptors (Lipinski definition) is 3. The van der Waals surface area contributed by atoms with Crippen molar-refractivity contribution in [3.05, 3.63) is 29.8 Å². The summed E-state index contributed by atoms with van der Waals surface area (Å²) in [7, 11) is 1.95. The molecular formula is C8H12N2S. The van der Waals surface area contributed by atoms with E-state index in [9.17, 15) is 0 Å². The van der Waals surface area contributed by atoms with Crippen LogP contribution in [0.5, 0.6) is 0 Å². The molecule has 1 aromatic heterocycles. The zero-order valence-corrected chi connectivity index (χ0v) is 7.40. The SMILES string of the molecule is C=CCC(NC)c1ccns1. The lowest BCUT2D eigenvalue weighted by molar-refractivity contribution is 0.614. The van der Waals surface area contributed by atoms with Gasteiger partial charge >= 0.3 is 0 Å². The standard InChI is InChI=1S/C8H12N2S/c1-3-4-7(9-2)8-5-6-10-11-8/h3,5-7,9H,1,4H2,2H3. The van der Waals surface area contributed by atoms with E-state index in [0.29, 0.717) is 6.04 Å². The summed E-state index contributed by atoms with van der Waals surface area (Å²) in [4.78, 5) is 1.27. The molecule has 0 aliphatic rings. The zero-order chi connectivity index (χ0) is 8.10. The molecule has 0 amide bonds. The Bertz CT molecular complexity index is 206. The summed E-state index contributed by atoms with van der Waals surface area (Å²) in [5.41, 5.74) is 0. The highest BCUT2D eigenvalue weighted by Gasteiger charge is 2.07. The van der Waals surface area contributed by atoms with Crippen molar-refractivity contribution < 1.29 is 0 Å². The normalized spacial score (nSPS) is 12.8. The molecular weight excluding hydrogens is 156 g/mol. The van der Waals surface area contributed by atoms with E-state index in [1.807, 2.05) is 25.4 Å². The topological polar surface area (TPSA) is 24.9 Å². The van der Waals surface area contributed by atoms with E-state index in [1.54, 1.807) is 0 Å². The molecule has 0 aliphatic heterocycles. The third-order valence-electron chi connectivity index (χ3n) is 1.55. The maximum atomic E-state index is 4.04. The van der Waals surface area contributed by atoms with Crippen LogP contribution in [0.15, 0.2) is 24.9 Å². The molecule has 0 saturated carbocycles. The Labute approximate surface area is 71.1 Å². The lowest BCUT2D eigenvalue weighted by atomic mass is 10.2. The average Bonchev–Trinajstić information content (AvgIpc) is 2.52. The quantitative estimate of drug-likeness (QED) is 0.695. The number of nitrogens with zero attached hydrogens (tertiary/aromatic N) is 1. The van der Waals surface area contributed by atoms with Crippen LogP contribution in [-0.2, 0) is 0 Å². The Morgan fingerprint density at radius 3 is 3.18 bits per heavy atom. The van der Waals surface area contributed by atoms with Crippen LogP contribution in [-0.4, -0.2) is 11.4 Å². The van der Waals surface area contributed by atoms with Gasteiger partial charge in [0.05, 0.1) is 0 Å². The average molecular weight is 168 g/mol. The molecule has 1 unspecified atom stereocenters. The molecule has 0 saturated heterocycles. The number of hydrogen-bond donors (Lipinski definition) is 1. The van der Waals surface area contributed by atoms with Crippen molar-refractivity contribution in [3.8, 4) is 0 Å². The second-order valence-corrected chi connectivity index (χ2v) is 3.15. The van der Waals surface area contributed by atoms with Crippen molar-refractivity contribution >= 4 is 11.5 Å². The molecule has 1 heterocycles. The molecule has 1 rings (SSSR count). The third-order valence-corrected chi connectivity index (χ3v) is 2.41. The monoisotopic (exact) mass is 168 g/mol. The van der Waals surface area contributed by atoms with Gasteiger partial charge in [0.2, 0.25) is 0 Å². The summed E-state index contributed by atoms with van der Waals surface area (Å²) in [6.07, 6.45) is 4.70. The van der Waals surface area contributed by atoms with Gasteiger partial charge in [0.1, 0.15) is 0 Å². The van der Waals surface area contributed by atoms with Crippen molar-refractivity contribution in [2.45, 2.75) is 12.5 Å². The van der Waals surface area contributed by atoms with Crippen LogP contribution in [0.4, 0.5) is 0 Å². The van der Waals surface area contributed by atoms with Gasteiger partial charge in [0.15, 0.2) is 0 Å². The molecule has 0 radical (unpaired) electrons. The summed E-state index contributed by atoms with van der Waals surface area (Å²) in [5, 5.41) is 3.20. The molecule has 0 bridgehead atoms. The summed E-state index contributed by atoms with van der Waals surface area (Å²) in [6, 6.07) is 2.43. The smallest absolute Gasteiger partial charge is 0.0463 e. The van der Waals surface area contributed by atoms with Gasteiger partial charge in [-0.15, -0.1) is 6.58 Å². The van der Waals surface area contributed by atoms with E-state index in [1.165, 1.54) is 16.4 Å². The van der Waals surface area contributed by atoms with Crippen LogP contribution in [0.2, 0.25) is 0 Å². The summed E-state index contributed by atoms with van der Waals surface area (Å²) < 4.78 is 4.04. The maximum absolute atomic E-state index is 4.04. The first-order valence-corrected chi connectivity index (χ1v) is 4.34. The minimum Gasteiger partial charge on any atom is -0.312 e. The highest BCUT2D eigenvalue weighted by atomic mass is 32.1. The van der Waals surface area contributed by atoms with Crippen LogP contribution in [0.3, 0.4) is 0 Å². The molecule has 1 atom stereocenters. The van der Waals surface area contributed by atoms with E-state index in [4.69, 9.17) is 0 Å². The van der Waals surface area contributed by atoms with Gasteiger partial charge in [-0.05, 0) is 31.1 Å². The number of rotatable bonds is 4. The first kappa shape index (κ1) is 8.43. The van der Waals surface area contributed by atoms with E-state index >= 15 is 0 Å². The maximum Gasteiger partial charge on any atom is 0.0463 e. The second-order valence-electron chi connectivity index (χ2n) is 2.28. The van der Waals surface area contributed by atoms with Gasteiger partial charge in [-0.25, -0.2) is 4.37 Å². The van der Waals surface area contributed by atoms with Gasteiger partial charge in [0, 0.05) is 17.1 Å². The lowest BCUT2D eigenvalue weighted by Gasteiger charge is -2.09. The zero-order valence-electron chi connectivity index (χ0n) is 6.58. The summed E-state index contributed by atoms with van der Waals surface area (Å²) in [5.74, 6) is 0. The Hall–Kier alpha value is -0.670. The molecule has 0 spiro atoms. The van der Waals surface area contributed by atoms with Crippen molar-refractivity contribution in [2.75, 3.05) is 7.05 Å². The molecule has 2 nitrogen and oxygen atoms in total. The van der Waals surface area contributed by atoms with Crippen LogP contribution < -0.4 is 5.32 Å². The predicted octanol–water partition coefficient (Wildman–Crippen LogP) is 1.98. The summed E-state index contributed by atoms with van der Waals surface area (Å²) in [6.45, 7) is 3.70. The van der Waals surface area contributed by atoms with Crippen LogP contribution >= 0.6 is 11.5 Å². The number of aromatic nitrogens is 1. The Morgan fingerprint density at radius 2 is 2.73 bits per heavy atom. The minimum absolute atomic E-state index is 0.389. The lowest BCUT2D eigenvalue weighted by Crippen LogP contribution is -2.13. The number of nitrogens with one attached hydrogen (secondary N) is 1. The van der Waals surface area contributed by atoms with Crippen molar-refractivity contribution in [2.24, 2.45) is 0 Å². The first-order chi connectivity index (χ1) is 5.38. The van der Waals surface area contributed by atoms with Crippen LogP contribution in [0.25, 0.3) is 0 Å². The fourth-order valence-electron chi connectivity index (χ4n) is 0.948. The Kier molecular flexibility index (Phi) is 3.26. The molecule has 0 fully saturated rings. The predicted molar refractivity (Wildman–Crippen MR) is 48.7 cm³/mol. The molecule has 3 heteroatoms. The van der Waals surface area contributed by atoms with Gasteiger partial charge in [0.25, 0.3) is 0 Å². The van der Waals surface area contributed by atoms with Crippen molar-refractivity contribution in [3.63, 3.8) is 0 Å². The van der Waals surface area contributed by atoms with E-state index in [2.05, 4.69) is 16.3 Å². The minimum atomic E-state index is 0.389. The first-order valence-electron chi connectivity index (χ1n) is 3.57. The van der Waals surface area contributed by atoms with E-state index in [-0.39, 0.29) is 0 Å². The van der Waals surface area contributed by atoms with Crippen LogP contribution in [0, 0.1) is 0 Å². The highest BCUT2D eigenvalue weighted by Crippen LogP contribution is 2.19. The fraction of sp³-hybridized carbons (Fsp3) is 0.375. The van der Waals surface area contributed by atoms with Gasteiger partial charge < -0.3 is 5.32 Å². The van der Waals surface area contributed by atoms with Gasteiger partial charge in [-0.2, -0.15) is 0 Å². The Morgan fingerprint density at radius 1 is 1.91 bits per heavy atom. The molecule has 0 aromatic carbocycles. The fourth-order valence-corrected chi connectivity index (χ4v) is 1.65.